The lowest BCUT2D eigenvalue weighted by atomic mass is 10.1. The van der Waals surface area contributed by atoms with Crippen molar-refractivity contribution in [1.29, 1.82) is 0 Å². The van der Waals surface area contributed by atoms with Gasteiger partial charge < -0.3 is 5.32 Å². The van der Waals surface area contributed by atoms with Crippen LogP contribution in [0.1, 0.15) is 29.5 Å². The van der Waals surface area contributed by atoms with Crippen molar-refractivity contribution in [1.82, 2.24) is 14.5 Å². The maximum atomic E-state index is 12.4. The fourth-order valence-electron chi connectivity index (χ4n) is 3.49. The van der Waals surface area contributed by atoms with E-state index in [0.717, 1.165) is 35.8 Å². The van der Waals surface area contributed by atoms with Crippen LogP contribution in [0, 0.1) is 0 Å². The molecule has 30 heavy (non-hydrogen) atoms. The molecule has 2 aromatic rings. The molecule has 0 spiro atoms. The second kappa shape index (κ2) is 10.4. The third-order valence-corrected chi connectivity index (χ3v) is 6.78. The molecule has 0 saturated carbocycles. The molecule has 0 atom stereocenters. The number of halogens is 1. The number of benzene rings is 2. The third-order valence-electron chi connectivity index (χ3n) is 5.21. The minimum Gasteiger partial charge on any atom is -0.351 e. The molecule has 0 unspecified atom stereocenters. The van der Waals surface area contributed by atoms with E-state index in [1.807, 2.05) is 12.1 Å². The van der Waals surface area contributed by atoms with Crippen LogP contribution in [-0.4, -0.2) is 49.4 Å². The van der Waals surface area contributed by atoms with Gasteiger partial charge in [0.15, 0.2) is 0 Å². The predicted molar refractivity (Wildman–Crippen MR) is 120 cm³/mol. The molecule has 1 aliphatic heterocycles. The monoisotopic (exact) mass is 449 g/mol. The molecular formula is C22H28ClN3O3S. The fourth-order valence-corrected chi connectivity index (χ4v) is 4.41. The molecule has 1 amide bonds. The van der Waals surface area contributed by atoms with Gasteiger partial charge in [-0.25, -0.2) is 8.42 Å². The molecule has 6 nitrogen and oxygen atoms in total. The first-order valence-electron chi connectivity index (χ1n) is 10.1. The molecule has 0 aromatic heterocycles. The van der Waals surface area contributed by atoms with Gasteiger partial charge >= 0.3 is 0 Å². The first kappa shape index (κ1) is 22.7. The van der Waals surface area contributed by atoms with Gasteiger partial charge in [0.05, 0.1) is 12.8 Å². The summed E-state index contributed by atoms with van der Waals surface area (Å²) in [5.41, 5.74) is 2.89. The quantitative estimate of drug-likeness (QED) is 0.638. The summed E-state index contributed by atoms with van der Waals surface area (Å²) in [5.74, 6) is -0.353. The van der Waals surface area contributed by atoms with Crippen LogP contribution >= 0.6 is 11.6 Å². The smallest absolute Gasteiger partial charge is 0.235 e. The summed E-state index contributed by atoms with van der Waals surface area (Å²) in [6.45, 7) is 3.42. The van der Waals surface area contributed by atoms with Crippen molar-refractivity contribution in [2.45, 2.75) is 32.5 Å². The van der Waals surface area contributed by atoms with E-state index < -0.39 is 10.0 Å². The standard InChI is InChI=1S/C22H28ClN3O3S/c1-30(28,29)26(16-20-6-2-3-7-21(20)23)17-22(27)24-14-18-8-10-19(11-9-18)15-25-12-4-5-13-25/h2-3,6-11H,4-5,12-17H2,1H3,(H,24,27). The molecule has 1 aliphatic rings. The highest BCUT2D eigenvalue weighted by Crippen LogP contribution is 2.18. The van der Waals surface area contributed by atoms with Gasteiger partial charge in [0.1, 0.15) is 0 Å². The maximum Gasteiger partial charge on any atom is 0.235 e. The number of carbonyl (C=O) groups is 1. The average Bonchev–Trinajstić information content (AvgIpc) is 3.21. The zero-order valence-electron chi connectivity index (χ0n) is 17.2. The molecule has 2 aromatic carbocycles. The van der Waals surface area contributed by atoms with E-state index in [4.69, 9.17) is 11.6 Å². The molecule has 8 heteroatoms. The fraction of sp³-hybridized carbons (Fsp3) is 0.409. The van der Waals surface area contributed by atoms with Crippen LogP contribution in [0.15, 0.2) is 48.5 Å². The van der Waals surface area contributed by atoms with Gasteiger partial charge in [0.2, 0.25) is 15.9 Å². The predicted octanol–water partition coefficient (Wildman–Crippen LogP) is 3.01. The van der Waals surface area contributed by atoms with E-state index in [1.54, 1.807) is 24.3 Å². The van der Waals surface area contributed by atoms with Gasteiger partial charge in [-0.05, 0) is 48.7 Å². The summed E-state index contributed by atoms with van der Waals surface area (Å²) in [5, 5.41) is 3.28. The van der Waals surface area contributed by atoms with Crippen molar-refractivity contribution in [2.24, 2.45) is 0 Å². The van der Waals surface area contributed by atoms with E-state index in [9.17, 15) is 13.2 Å². The highest BCUT2D eigenvalue weighted by Gasteiger charge is 2.21. The van der Waals surface area contributed by atoms with Gasteiger partial charge in [-0.2, -0.15) is 4.31 Å². The summed E-state index contributed by atoms with van der Waals surface area (Å²) < 4.78 is 25.4. The van der Waals surface area contributed by atoms with Crippen molar-refractivity contribution in [2.75, 3.05) is 25.9 Å². The van der Waals surface area contributed by atoms with Gasteiger partial charge in [0.25, 0.3) is 0 Å². The molecule has 0 aliphatic carbocycles. The Labute approximate surface area is 183 Å². The molecule has 162 valence electrons. The van der Waals surface area contributed by atoms with Crippen LogP contribution in [0.25, 0.3) is 0 Å². The van der Waals surface area contributed by atoms with E-state index in [0.29, 0.717) is 17.1 Å². The number of amides is 1. The maximum absolute atomic E-state index is 12.4. The molecule has 0 radical (unpaired) electrons. The van der Waals surface area contributed by atoms with Crippen molar-refractivity contribution in [3.05, 3.63) is 70.2 Å². The Bertz CT molecular complexity index is 958. The molecular weight excluding hydrogens is 422 g/mol. The summed E-state index contributed by atoms with van der Waals surface area (Å²) in [6, 6.07) is 15.2. The van der Waals surface area contributed by atoms with Crippen molar-refractivity contribution < 1.29 is 13.2 Å². The van der Waals surface area contributed by atoms with Gasteiger partial charge in [-0.1, -0.05) is 54.1 Å². The Morgan fingerprint density at radius 2 is 1.70 bits per heavy atom. The lowest BCUT2D eigenvalue weighted by Crippen LogP contribution is -2.39. The van der Waals surface area contributed by atoms with Gasteiger partial charge in [0, 0.05) is 24.7 Å². The van der Waals surface area contributed by atoms with E-state index in [1.165, 1.54) is 18.4 Å². The van der Waals surface area contributed by atoms with Crippen molar-refractivity contribution in [3.63, 3.8) is 0 Å². The van der Waals surface area contributed by atoms with Crippen molar-refractivity contribution >= 4 is 27.5 Å². The molecule has 1 N–H and O–H groups in total. The minimum atomic E-state index is -3.57. The minimum absolute atomic E-state index is 0.0527. The lowest BCUT2D eigenvalue weighted by molar-refractivity contribution is -0.121. The Kier molecular flexibility index (Phi) is 7.88. The second-order valence-corrected chi connectivity index (χ2v) is 10.1. The van der Waals surface area contributed by atoms with Crippen LogP contribution in [0.4, 0.5) is 0 Å². The normalized spacial score (nSPS) is 14.9. The lowest BCUT2D eigenvalue weighted by Gasteiger charge is -2.20. The van der Waals surface area contributed by atoms with Crippen molar-refractivity contribution in [3.8, 4) is 0 Å². The largest absolute Gasteiger partial charge is 0.351 e. The SMILES string of the molecule is CS(=O)(=O)N(CC(=O)NCc1ccc(CN2CCCC2)cc1)Cc1ccccc1Cl. The Morgan fingerprint density at radius 3 is 2.33 bits per heavy atom. The van der Waals surface area contributed by atoms with E-state index >= 15 is 0 Å². The molecule has 0 bridgehead atoms. The zero-order chi connectivity index (χ0) is 21.6. The Balaban J connectivity index is 1.53. The number of carbonyl (C=O) groups excluding carboxylic acids is 1. The van der Waals surface area contributed by atoms with E-state index in [-0.39, 0.29) is 19.0 Å². The second-order valence-electron chi connectivity index (χ2n) is 7.70. The number of nitrogens with zero attached hydrogens (tertiary/aromatic N) is 2. The van der Waals surface area contributed by atoms with Crippen LogP contribution in [0.5, 0.6) is 0 Å². The van der Waals surface area contributed by atoms with Crippen LogP contribution < -0.4 is 5.32 Å². The van der Waals surface area contributed by atoms with Crippen LogP contribution in [-0.2, 0) is 34.5 Å². The van der Waals surface area contributed by atoms with Gasteiger partial charge in [-0.3, -0.25) is 9.69 Å². The highest BCUT2D eigenvalue weighted by molar-refractivity contribution is 7.88. The third kappa shape index (κ3) is 6.80. The summed E-state index contributed by atoms with van der Waals surface area (Å²) in [6.07, 6.45) is 3.63. The zero-order valence-corrected chi connectivity index (χ0v) is 18.8. The van der Waals surface area contributed by atoms with Crippen LogP contribution in [0.2, 0.25) is 5.02 Å². The number of hydrogen-bond donors (Lipinski definition) is 1. The first-order valence-corrected chi connectivity index (χ1v) is 12.3. The van der Waals surface area contributed by atoms with Crippen LogP contribution in [0.3, 0.4) is 0 Å². The molecule has 1 heterocycles. The Hall–Kier alpha value is -1.93. The van der Waals surface area contributed by atoms with Gasteiger partial charge in [-0.15, -0.1) is 0 Å². The molecule has 3 rings (SSSR count). The van der Waals surface area contributed by atoms with E-state index in [2.05, 4.69) is 22.3 Å². The number of hydrogen-bond acceptors (Lipinski definition) is 4. The highest BCUT2D eigenvalue weighted by atomic mass is 35.5. The topological polar surface area (TPSA) is 69.7 Å². The Morgan fingerprint density at radius 1 is 1.07 bits per heavy atom. The average molecular weight is 450 g/mol. The number of likely N-dealkylation sites (tertiary alicyclic amines) is 1. The summed E-state index contributed by atoms with van der Waals surface area (Å²) in [7, 11) is -3.57. The summed E-state index contributed by atoms with van der Waals surface area (Å²) >= 11 is 6.14. The molecule has 1 fully saturated rings. The summed E-state index contributed by atoms with van der Waals surface area (Å²) in [4.78, 5) is 14.8. The number of rotatable bonds is 9. The first-order chi connectivity index (χ1) is 14.3. The number of nitrogens with one attached hydrogen (secondary N) is 1. The number of sulfonamides is 1. The molecule has 1 saturated heterocycles.